The standard InChI is InChI=1S/C19H17BrN4.ClH/c1-2-24-17-9-4-3-8-16(17)22-18(24)13-23-11-10-21-19(23)14-6-5-7-15(20)12-14;/h3-12H,2,13H2,1H3;1H. The lowest BCUT2D eigenvalue weighted by Gasteiger charge is -2.14. The highest BCUT2D eigenvalue weighted by Gasteiger charge is 2.28. The van der Waals surface area contributed by atoms with Crippen LogP contribution in [0.3, 0.4) is 0 Å². The van der Waals surface area contributed by atoms with Crippen molar-refractivity contribution < 1.29 is 17.3 Å². The number of amidine groups is 1. The van der Waals surface area contributed by atoms with Gasteiger partial charge in [-0.15, -0.1) is 0 Å². The predicted octanol–water partition coefficient (Wildman–Crippen LogP) is 0.597. The molecule has 0 spiro atoms. The average Bonchev–Trinajstić information content (AvgIpc) is 3.19. The number of aromatic nitrogens is 2. The Balaban J connectivity index is 0.00000182. The summed E-state index contributed by atoms with van der Waals surface area (Å²) in [6.07, 6.45) is 3.87. The Labute approximate surface area is 161 Å². The van der Waals surface area contributed by atoms with Gasteiger partial charge in [0.25, 0.3) is 0 Å². The largest absolute Gasteiger partial charge is 1.00 e. The molecule has 0 radical (unpaired) electrons. The second kappa shape index (κ2) is 7.52. The molecule has 2 aromatic carbocycles. The zero-order valence-corrected chi connectivity index (χ0v) is 16.1. The second-order valence-corrected chi connectivity index (χ2v) is 6.71. The number of nitrogens with zero attached hydrogens (tertiary/aromatic N) is 3. The number of rotatable bonds is 4. The van der Waals surface area contributed by atoms with Crippen molar-refractivity contribution in [2.24, 2.45) is 4.99 Å². The third-order valence-electron chi connectivity index (χ3n) is 4.30. The third kappa shape index (κ3) is 3.40. The summed E-state index contributed by atoms with van der Waals surface area (Å²) in [6.45, 7) is 3.91. The molecule has 0 amide bonds. The fraction of sp³-hybridized carbons (Fsp3) is 0.158. The van der Waals surface area contributed by atoms with Gasteiger partial charge >= 0.3 is 0 Å². The van der Waals surface area contributed by atoms with Crippen molar-refractivity contribution >= 4 is 33.1 Å². The Hall–Kier alpha value is -1.95. The fourth-order valence-corrected chi connectivity index (χ4v) is 3.61. The first-order valence-electron chi connectivity index (χ1n) is 8.06. The van der Waals surface area contributed by atoms with Crippen LogP contribution in [0.4, 0.5) is 11.4 Å². The van der Waals surface area contributed by atoms with Crippen LogP contribution in [0.15, 0.2) is 70.4 Å². The van der Waals surface area contributed by atoms with E-state index >= 15 is 0 Å². The summed E-state index contributed by atoms with van der Waals surface area (Å²) >= 11 is 3.54. The van der Waals surface area contributed by atoms with Gasteiger partial charge in [-0.3, -0.25) is 4.90 Å². The summed E-state index contributed by atoms with van der Waals surface area (Å²) in [5.74, 6) is 2.10. The van der Waals surface area contributed by atoms with Crippen molar-refractivity contribution in [1.29, 1.82) is 0 Å². The number of hydrogen-bond donors (Lipinski definition) is 1. The van der Waals surface area contributed by atoms with Gasteiger partial charge in [-0.25, -0.2) is 4.98 Å². The van der Waals surface area contributed by atoms with E-state index in [0.717, 1.165) is 40.5 Å². The number of quaternary nitrogens is 1. The van der Waals surface area contributed by atoms with Crippen molar-refractivity contribution in [3.63, 3.8) is 0 Å². The molecule has 0 saturated carbocycles. The zero-order valence-electron chi connectivity index (χ0n) is 13.8. The van der Waals surface area contributed by atoms with E-state index in [-0.39, 0.29) is 12.4 Å². The molecule has 1 aliphatic rings. The molecule has 2 heterocycles. The molecule has 0 aliphatic carbocycles. The molecule has 3 aromatic rings. The van der Waals surface area contributed by atoms with E-state index in [4.69, 9.17) is 4.99 Å². The van der Waals surface area contributed by atoms with Crippen molar-refractivity contribution in [1.82, 2.24) is 9.55 Å². The van der Waals surface area contributed by atoms with Crippen molar-refractivity contribution in [3.8, 4) is 11.4 Å². The molecule has 1 unspecified atom stereocenters. The minimum absolute atomic E-state index is 0. The van der Waals surface area contributed by atoms with Crippen molar-refractivity contribution in [2.75, 3.05) is 6.54 Å². The maximum atomic E-state index is 4.85. The van der Waals surface area contributed by atoms with E-state index in [1.807, 2.05) is 30.6 Å². The number of likely N-dealkylation sites (N-methyl/N-ethyl adjacent to an activating group) is 1. The van der Waals surface area contributed by atoms with Gasteiger partial charge in [-0.1, -0.05) is 40.2 Å². The van der Waals surface area contributed by atoms with E-state index in [0.29, 0.717) is 0 Å². The van der Waals surface area contributed by atoms with Crippen LogP contribution >= 0.6 is 15.9 Å². The van der Waals surface area contributed by atoms with E-state index in [2.05, 4.69) is 62.7 Å². The molecular weight excluding hydrogens is 400 g/mol. The van der Waals surface area contributed by atoms with Gasteiger partial charge in [0.1, 0.15) is 18.1 Å². The van der Waals surface area contributed by atoms with E-state index in [9.17, 15) is 0 Å². The number of benzene rings is 2. The summed E-state index contributed by atoms with van der Waals surface area (Å²) in [4.78, 5) is 10.7. The van der Waals surface area contributed by atoms with Crippen LogP contribution in [0.1, 0.15) is 6.92 Å². The summed E-state index contributed by atoms with van der Waals surface area (Å²) in [5.41, 5.74) is 3.44. The summed E-state index contributed by atoms with van der Waals surface area (Å²) in [5, 5.41) is 0. The molecule has 4 rings (SSSR count). The molecule has 1 atom stereocenters. The molecule has 25 heavy (non-hydrogen) atoms. The van der Waals surface area contributed by atoms with Crippen LogP contribution < -0.4 is 17.3 Å². The molecular formula is C19H18BrClN4. The lowest BCUT2D eigenvalue weighted by molar-refractivity contribution is -0.727. The average molecular weight is 418 g/mol. The fourth-order valence-electron chi connectivity index (χ4n) is 3.21. The lowest BCUT2D eigenvalue weighted by Crippen LogP contribution is -3.09. The van der Waals surface area contributed by atoms with Crippen LogP contribution in [0, 0.1) is 0 Å². The number of imidazole rings is 1. The smallest absolute Gasteiger partial charge is 0.227 e. The van der Waals surface area contributed by atoms with E-state index in [1.165, 1.54) is 10.6 Å². The Kier molecular flexibility index (Phi) is 5.37. The number of aliphatic imine (C=N–C) groups is 1. The molecule has 1 aliphatic heterocycles. The third-order valence-corrected chi connectivity index (χ3v) is 4.80. The highest BCUT2D eigenvalue weighted by atomic mass is 79.9. The van der Waals surface area contributed by atoms with Gasteiger partial charge in [0.2, 0.25) is 5.84 Å². The Morgan fingerprint density at radius 1 is 1.12 bits per heavy atom. The number of hydrogen-bond acceptors (Lipinski definition) is 2. The van der Waals surface area contributed by atoms with Gasteiger partial charge in [0.05, 0.1) is 6.54 Å². The number of halogens is 2. The zero-order chi connectivity index (χ0) is 16.5. The van der Waals surface area contributed by atoms with Crippen molar-refractivity contribution in [3.05, 3.63) is 65.4 Å². The van der Waals surface area contributed by atoms with E-state index < -0.39 is 0 Å². The Morgan fingerprint density at radius 2 is 1.96 bits per heavy atom. The number of fused-ring (bicyclic) bond motifs is 1. The summed E-state index contributed by atoms with van der Waals surface area (Å²) in [6, 6.07) is 16.6. The molecule has 4 nitrogen and oxygen atoms in total. The highest BCUT2D eigenvalue weighted by molar-refractivity contribution is 9.10. The monoisotopic (exact) mass is 416 g/mol. The minimum Gasteiger partial charge on any atom is -1.00 e. The van der Waals surface area contributed by atoms with E-state index in [1.54, 1.807) is 0 Å². The van der Waals surface area contributed by atoms with Crippen LogP contribution in [0.2, 0.25) is 0 Å². The van der Waals surface area contributed by atoms with Gasteiger partial charge < -0.3 is 17.0 Å². The topological polar surface area (TPSA) is 34.6 Å². The molecule has 1 N–H and O–H groups in total. The van der Waals surface area contributed by atoms with Crippen molar-refractivity contribution in [2.45, 2.75) is 13.5 Å². The number of para-hydroxylation sites is 2. The molecule has 128 valence electrons. The first kappa shape index (κ1) is 17.9. The molecule has 0 saturated heterocycles. The van der Waals surface area contributed by atoms with Crippen LogP contribution in [0.5, 0.6) is 0 Å². The summed E-state index contributed by atoms with van der Waals surface area (Å²) < 4.78 is 3.23. The van der Waals surface area contributed by atoms with Gasteiger partial charge in [-0.05, 0) is 25.1 Å². The first-order chi connectivity index (χ1) is 11.8. The predicted molar refractivity (Wildman–Crippen MR) is 100 cm³/mol. The maximum Gasteiger partial charge on any atom is 0.227 e. The van der Waals surface area contributed by atoms with Crippen LogP contribution in [-0.2, 0) is 6.54 Å². The van der Waals surface area contributed by atoms with Gasteiger partial charge in [0, 0.05) is 28.5 Å². The summed E-state index contributed by atoms with van der Waals surface area (Å²) in [7, 11) is 0. The van der Waals surface area contributed by atoms with Crippen LogP contribution in [-0.4, -0.2) is 21.9 Å². The SMILES string of the molecule is CC[NH+]1C(Cn2ccnc2-c2cccc(Br)c2)=Nc2ccccc21.[Cl-]. The quantitative estimate of drug-likeness (QED) is 0.663. The second-order valence-electron chi connectivity index (χ2n) is 5.80. The Morgan fingerprint density at radius 3 is 2.76 bits per heavy atom. The minimum atomic E-state index is 0. The Bertz CT molecular complexity index is 919. The maximum absolute atomic E-state index is 4.85. The number of nitrogens with one attached hydrogen (secondary N) is 1. The molecule has 1 aromatic heterocycles. The molecule has 0 bridgehead atoms. The normalized spacial score (nSPS) is 15.4. The first-order valence-corrected chi connectivity index (χ1v) is 8.86. The molecule has 6 heteroatoms. The lowest BCUT2D eigenvalue weighted by atomic mass is 10.2. The highest BCUT2D eigenvalue weighted by Crippen LogP contribution is 2.26. The van der Waals surface area contributed by atoms with Gasteiger partial charge in [0.15, 0.2) is 5.69 Å². The van der Waals surface area contributed by atoms with Crippen LogP contribution in [0.25, 0.3) is 11.4 Å². The molecule has 0 fully saturated rings. The van der Waals surface area contributed by atoms with Gasteiger partial charge in [-0.2, -0.15) is 4.99 Å².